The van der Waals surface area contributed by atoms with E-state index >= 15 is 0 Å². The van der Waals surface area contributed by atoms with Crippen LogP contribution in [-0.2, 0) is 12.0 Å². The van der Waals surface area contributed by atoms with Gasteiger partial charge in [0.2, 0.25) is 0 Å². The van der Waals surface area contributed by atoms with Crippen molar-refractivity contribution in [2.45, 2.75) is 25.8 Å². The van der Waals surface area contributed by atoms with Crippen LogP contribution in [-0.4, -0.2) is 14.8 Å². The van der Waals surface area contributed by atoms with Crippen LogP contribution in [0.2, 0.25) is 0 Å². The normalized spacial score (nSPS) is 11.1. The average Bonchev–Trinajstić information content (AvgIpc) is 2.79. The molecule has 0 saturated heterocycles. The topological polar surface area (TPSA) is 54.5 Å². The average molecular weight is 226 g/mol. The van der Waals surface area contributed by atoms with Gasteiger partial charge in [0.05, 0.1) is 12.6 Å². The van der Waals surface area contributed by atoms with Gasteiger partial charge in [-0.2, -0.15) is 10.4 Å². The molecule has 0 bridgehead atoms. The van der Waals surface area contributed by atoms with E-state index in [-0.39, 0.29) is 0 Å². The van der Waals surface area contributed by atoms with Crippen molar-refractivity contribution in [1.82, 2.24) is 14.8 Å². The fourth-order valence-corrected chi connectivity index (χ4v) is 1.67. The Kier molecular flexibility index (Phi) is 2.92. The van der Waals surface area contributed by atoms with Crippen LogP contribution in [0.1, 0.15) is 25.2 Å². The molecule has 0 aliphatic heterocycles. The van der Waals surface area contributed by atoms with Crippen molar-refractivity contribution in [2.24, 2.45) is 0 Å². The van der Waals surface area contributed by atoms with Crippen LogP contribution in [0.25, 0.3) is 0 Å². The SMILES string of the molecule is CC(C)(C#N)c1ncnn1Cc1ccccc1. The van der Waals surface area contributed by atoms with Crippen LogP contribution in [0.3, 0.4) is 0 Å². The summed E-state index contributed by atoms with van der Waals surface area (Å²) < 4.78 is 1.78. The van der Waals surface area contributed by atoms with E-state index < -0.39 is 5.41 Å². The summed E-state index contributed by atoms with van der Waals surface area (Å²) in [5.74, 6) is 0.698. The molecule has 1 aromatic carbocycles. The first-order valence-corrected chi connectivity index (χ1v) is 5.47. The maximum absolute atomic E-state index is 9.13. The maximum atomic E-state index is 9.13. The molecule has 4 nitrogen and oxygen atoms in total. The lowest BCUT2D eigenvalue weighted by Crippen LogP contribution is -2.22. The summed E-state index contributed by atoms with van der Waals surface area (Å²) in [6, 6.07) is 12.3. The minimum atomic E-state index is -0.620. The van der Waals surface area contributed by atoms with Gasteiger partial charge in [-0.15, -0.1) is 0 Å². The summed E-state index contributed by atoms with van der Waals surface area (Å²) in [7, 11) is 0. The predicted molar refractivity (Wildman–Crippen MR) is 64.2 cm³/mol. The number of aromatic nitrogens is 3. The van der Waals surface area contributed by atoms with Crippen molar-refractivity contribution in [3.8, 4) is 6.07 Å². The lowest BCUT2D eigenvalue weighted by Gasteiger charge is -2.15. The molecular weight excluding hydrogens is 212 g/mol. The second-order valence-corrected chi connectivity index (χ2v) is 4.46. The first kappa shape index (κ1) is 11.3. The van der Waals surface area contributed by atoms with E-state index in [1.54, 1.807) is 4.68 Å². The van der Waals surface area contributed by atoms with Gasteiger partial charge < -0.3 is 0 Å². The Morgan fingerprint density at radius 3 is 2.65 bits per heavy atom. The second kappa shape index (κ2) is 4.38. The Morgan fingerprint density at radius 2 is 2.00 bits per heavy atom. The second-order valence-electron chi connectivity index (χ2n) is 4.46. The highest BCUT2D eigenvalue weighted by Gasteiger charge is 2.26. The molecule has 2 aromatic rings. The van der Waals surface area contributed by atoms with Gasteiger partial charge in [0.15, 0.2) is 0 Å². The van der Waals surface area contributed by atoms with Crippen LogP contribution in [0, 0.1) is 11.3 Å². The van der Waals surface area contributed by atoms with Crippen molar-refractivity contribution in [3.05, 3.63) is 48.0 Å². The van der Waals surface area contributed by atoms with E-state index in [0.29, 0.717) is 12.4 Å². The molecule has 0 unspecified atom stereocenters. The molecule has 0 aliphatic carbocycles. The zero-order valence-electron chi connectivity index (χ0n) is 9.96. The largest absolute Gasteiger partial charge is 0.244 e. The highest BCUT2D eigenvalue weighted by atomic mass is 15.3. The maximum Gasteiger partial charge on any atom is 0.147 e. The summed E-state index contributed by atoms with van der Waals surface area (Å²) in [5, 5.41) is 13.3. The van der Waals surface area contributed by atoms with Crippen molar-refractivity contribution in [2.75, 3.05) is 0 Å². The highest BCUT2D eigenvalue weighted by Crippen LogP contribution is 2.19. The third kappa shape index (κ3) is 2.34. The van der Waals surface area contributed by atoms with E-state index in [0.717, 1.165) is 5.56 Å². The zero-order valence-corrected chi connectivity index (χ0v) is 9.96. The van der Waals surface area contributed by atoms with Crippen molar-refractivity contribution in [3.63, 3.8) is 0 Å². The Bertz CT molecular complexity index is 534. The number of rotatable bonds is 3. The quantitative estimate of drug-likeness (QED) is 0.805. The molecule has 17 heavy (non-hydrogen) atoms. The molecule has 0 amide bonds. The van der Waals surface area contributed by atoms with Gasteiger partial charge in [-0.25, -0.2) is 9.67 Å². The Labute approximate surface area is 101 Å². The lowest BCUT2D eigenvalue weighted by atomic mass is 9.95. The Hall–Kier alpha value is -2.15. The summed E-state index contributed by atoms with van der Waals surface area (Å²) in [6.07, 6.45) is 1.50. The number of hydrogen-bond donors (Lipinski definition) is 0. The van der Waals surface area contributed by atoms with Gasteiger partial charge in [0.25, 0.3) is 0 Å². The first-order valence-electron chi connectivity index (χ1n) is 5.47. The van der Waals surface area contributed by atoms with Gasteiger partial charge in [0, 0.05) is 0 Å². The summed E-state index contributed by atoms with van der Waals surface area (Å²) in [4.78, 5) is 4.18. The molecule has 4 heteroatoms. The van der Waals surface area contributed by atoms with Gasteiger partial charge in [-0.3, -0.25) is 0 Å². The molecule has 0 atom stereocenters. The monoisotopic (exact) mass is 226 g/mol. The van der Waals surface area contributed by atoms with E-state index in [1.165, 1.54) is 6.33 Å². The minimum Gasteiger partial charge on any atom is -0.244 e. The fourth-order valence-electron chi connectivity index (χ4n) is 1.67. The predicted octanol–water partition coefficient (Wildman–Crippen LogP) is 2.13. The Morgan fingerprint density at radius 1 is 1.29 bits per heavy atom. The van der Waals surface area contributed by atoms with E-state index in [9.17, 15) is 0 Å². The van der Waals surface area contributed by atoms with E-state index in [2.05, 4.69) is 16.2 Å². The molecule has 0 saturated carbocycles. The molecule has 0 spiro atoms. The number of nitrogens with zero attached hydrogens (tertiary/aromatic N) is 4. The Balaban J connectivity index is 2.30. The van der Waals surface area contributed by atoms with Gasteiger partial charge in [0.1, 0.15) is 17.6 Å². The molecule has 0 N–H and O–H groups in total. The van der Waals surface area contributed by atoms with Crippen LogP contribution in [0.15, 0.2) is 36.7 Å². The molecule has 1 aromatic heterocycles. The van der Waals surface area contributed by atoms with Crippen molar-refractivity contribution >= 4 is 0 Å². The molecule has 0 fully saturated rings. The third-order valence-corrected chi connectivity index (χ3v) is 2.63. The molecular formula is C13H14N4. The number of benzene rings is 1. The van der Waals surface area contributed by atoms with Crippen LogP contribution >= 0.6 is 0 Å². The standard InChI is InChI=1S/C13H14N4/c1-13(2,9-14)12-15-10-16-17(12)8-11-6-4-3-5-7-11/h3-7,10H,8H2,1-2H3. The number of nitriles is 1. The number of hydrogen-bond acceptors (Lipinski definition) is 3. The highest BCUT2D eigenvalue weighted by molar-refractivity contribution is 5.19. The van der Waals surface area contributed by atoms with Crippen LogP contribution in [0.5, 0.6) is 0 Å². The molecule has 0 aliphatic rings. The smallest absolute Gasteiger partial charge is 0.147 e. The summed E-state index contributed by atoms with van der Waals surface area (Å²) in [5.41, 5.74) is 0.527. The summed E-state index contributed by atoms with van der Waals surface area (Å²) >= 11 is 0. The minimum absolute atomic E-state index is 0.620. The molecule has 2 rings (SSSR count). The fraction of sp³-hybridized carbons (Fsp3) is 0.308. The first-order chi connectivity index (χ1) is 8.13. The van der Waals surface area contributed by atoms with E-state index in [4.69, 9.17) is 5.26 Å². The zero-order chi connectivity index (χ0) is 12.3. The van der Waals surface area contributed by atoms with Gasteiger partial charge in [-0.05, 0) is 19.4 Å². The molecule has 1 heterocycles. The van der Waals surface area contributed by atoms with Gasteiger partial charge in [-0.1, -0.05) is 30.3 Å². The third-order valence-electron chi connectivity index (χ3n) is 2.63. The van der Waals surface area contributed by atoms with Crippen LogP contribution < -0.4 is 0 Å². The lowest BCUT2D eigenvalue weighted by molar-refractivity contribution is 0.544. The van der Waals surface area contributed by atoms with Crippen molar-refractivity contribution in [1.29, 1.82) is 5.26 Å². The van der Waals surface area contributed by atoms with Crippen LogP contribution in [0.4, 0.5) is 0 Å². The van der Waals surface area contributed by atoms with E-state index in [1.807, 2.05) is 44.2 Å². The molecule has 86 valence electrons. The summed E-state index contributed by atoms with van der Waals surface area (Å²) in [6.45, 7) is 4.33. The van der Waals surface area contributed by atoms with Crippen molar-refractivity contribution < 1.29 is 0 Å². The van der Waals surface area contributed by atoms with Gasteiger partial charge >= 0.3 is 0 Å². The molecule has 0 radical (unpaired) electrons.